The summed E-state index contributed by atoms with van der Waals surface area (Å²) in [7, 11) is 0. The highest BCUT2D eigenvalue weighted by Gasteiger charge is 2.31. The number of hydrogen-bond donors (Lipinski definition) is 1. The Balaban J connectivity index is 1.29. The summed E-state index contributed by atoms with van der Waals surface area (Å²) < 4.78 is 17.2. The van der Waals surface area contributed by atoms with Crippen molar-refractivity contribution >= 4 is 45.0 Å². The zero-order valence-corrected chi connectivity index (χ0v) is 23.0. The number of carbonyl (C=O) groups excluding carboxylic acids is 1. The molecule has 0 aliphatic carbocycles. The van der Waals surface area contributed by atoms with Crippen LogP contribution in [0.1, 0.15) is 28.1 Å². The Kier molecular flexibility index (Phi) is 6.44. The van der Waals surface area contributed by atoms with Gasteiger partial charge in [-0.3, -0.25) is 9.69 Å². The van der Waals surface area contributed by atoms with Crippen molar-refractivity contribution in [1.29, 1.82) is 0 Å². The van der Waals surface area contributed by atoms with Crippen molar-refractivity contribution in [2.45, 2.75) is 25.8 Å². The Bertz CT molecular complexity index is 1910. The summed E-state index contributed by atoms with van der Waals surface area (Å²) in [6, 6.07) is 15.8. The van der Waals surface area contributed by atoms with Crippen molar-refractivity contribution in [2.24, 2.45) is 0 Å². The van der Waals surface area contributed by atoms with Crippen LogP contribution >= 0.6 is 11.3 Å². The van der Waals surface area contributed by atoms with Crippen LogP contribution in [0.2, 0.25) is 0 Å². The summed E-state index contributed by atoms with van der Waals surface area (Å²) >= 11 is 1.63. The van der Waals surface area contributed by atoms with Crippen LogP contribution in [-0.4, -0.2) is 55.0 Å². The molecule has 1 aliphatic heterocycles. The van der Waals surface area contributed by atoms with Crippen molar-refractivity contribution < 1.29 is 9.18 Å². The van der Waals surface area contributed by atoms with Crippen molar-refractivity contribution in [2.75, 3.05) is 18.0 Å². The third-order valence-corrected chi connectivity index (χ3v) is 8.29. The first-order chi connectivity index (χ1) is 20.1. The van der Waals surface area contributed by atoms with E-state index in [1.54, 1.807) is 46.8 Å². The van der Waals surface area contributed by atoms with Crippen LogP contribution in [-0.2, 0) is 0 Å². The van der Waals surface area contributed by atoms with Gasteiger partial charge in [0.05, 0.1) is 17.3 Å². The summed E-state index contributed by atoms with van der Waals surface area (Å²) in [6.07, 6.45) is 6.88. The minimum Gasteiger partial charge on any atom is -0.315 e. The van der Waals surface area contributed by atoms with E-state index in [9.17, 15) is 4.79 Å². The van der Waals surface area contributed by atoms with E-state index in [0.717, 1.165) is 45.6 Å². The van der Waals surface area contributed by atoms with E-state index in [1.807, 2.05) is 31.3 Å². The molecule has 0 saturated carbocycles. The Morgan fingerprint density at radius 3 is 2.83 bits per heavy atom. The number of piperidine rings is 1. The van der Waals surface area contributed by atoms with Gasteiger partial charge < -0.3 is 5.32 Å². The highest BCUT2D eigenvalue weighted by atomic mass is 32.1. The second-order valence-electron chi connectivity index (χ2n) is 10.0. The minimum atomic E-state index is -0.650. The maximum absolute atomic E-state index is 15.7. The van der Waals surface area contributed by atoms with E-state index in [2.05, 4.69) is 36.6 Å². The number of carbonyl (C=O) groups is 1. The molecule has 7 rings (SSSR count). The number of halogens is 1. The zero-order chi connectivity index (χ0) is 27.9. The maximum atomic E-state index is 15.7. The zero-order valence-electron chi connectivity index (χ0n) is 22.2. The van der Waals surface area contributed by atoms with E-state index >= 15 is 4.39 Å². The lowest BCUT2D eigenvalue weighted by Gasteiger charge is -2.34. The summed E-state index contributed by atoms with van der Waals surface area (Å²) in [5.74, 6) is -0.579. The first-order valence-electron chi connectivity index (χ1n) is 13.4. The number of amides is 1. The van der Waals surface area contributed by atoms with Crippen molar-refractivity contribution in [3.8, 4) is 16.3 Å². The number of benzene rings is 2. The van der Waals surface area contributed by atoms with Crippen LogP contribution in [0.25, 0.3) is 38.2 Å². The van der Waals surface area contributed by atoms with Gasteiger partial charge >= 0.3 is 0 Å². The first-order valence-corrected chi connectivity index (χ1v) is 14.2. The molecular formula is C30H25FN8OS. The molecule has 9 nitrogen and oxygen atoms in total. The second kappa shape index (κ2) is 10.4. The largest absolute Gasteiger partial charge is 0.315 e. The quantitative estimate of drug-likeness (QED) is 0.302. The molecule has 0 spiro atoms. The van der Waals surface area contributed by atoms with E-state index in [0.29, 0.717) is 29.2 Å². The van der Waals surface area contributed by atoms with Gasteiger partial charge in [-0.2, -0.15) is 4.68 Å². The van der Waals surface area contributed by atoms with Crippen LogP contribution in [0.3, 0.4) is 0 Å². The SMILES string of the molecule is Cc1cnc(-c2ccc3c(N(C(=O)c4ccc(-n5nnc6cccnc65)cc4F)[C@@H]4CCCNC4)nccc3c2)s1. The van der Waals surface area contributed by atoms with E-state index in [1.165, 1.54) is 16.8 Å². The first kappa shape index (κ1) is 25.4. The second-order valence-corrected chi connectivity index (χ2v) is 11.3. The molecule has 0 radical (unpaired) electrons. The molecule has 4 aromatic heterocycles. The van der Waals surface area contributed by atoms with Crippen LogP contribution in [0.5, 0.6) is 0 Å². The third-order valence-electron chi connectivity index (χ3n) is 7.33. The number of hydrogen-bond acceptors (Lipinski definition) is 8. The van der Waals surface area contributed by atoms with Gasteiger partial charge in [-0.25, -0.2) is 19.3 Å². The smallest absolute Gasteiger partial charge is 0.262 e. The van der Waals surface area contributed by atoms with Gasteiger partial charge in [0.1, 0.15) is 22.2 Å². The van der Waals surface area contributed by atoms with Crippen LogP contribution in [0, 0.1) is 12.7 Å². The number of rotatable bonds is 5. The fourth-order valence-corrected chi connectivity index (χ4v) is 6.10. The normalized spacial score (nSPS) is 15.4. The summed E-state index contributed by atoms with van der Waals surface area (Å²) in [5, 5.41) is 14.3. The Labute approximate surface area is 238 Å². The van der Waals surface area contributed by atoms with Crippen LogP contribution in [0.15, 0.2) is 73.2 Å². The lowest BCUT2D eigenvalue weighted by molar-refractivity contribution is 0.0968. The summed E-state index contributed by atoms with van der Waals surface area (Å²) in [4.78, 5) is 30.5. The molecule has 11 heteroatoms. The molecule has 6 aromatic rings. The molecule has 1 fully saturated rings. The van der Waals surface area contributed by atoms with Gasteiger partial charge in [0.15, 0.2) is 5.65 Å². The Hall–Kier alpha value is -4.61. The third kappa shape index (κ3) is 4.62. The van der Waals surface area contributed by atoms with Gasteiger partial charge in [-0.05, 0) is 74.2 Å². The standard InChI is InChI=1S/C30H25FN8OS/c1-18-16-35-29(41-18)20-6-8-23-19(14-20)10-13-34-27(23)38(22-4-2-11-32-17-22)30(40)24-9-7-21(15-25(24)31)39-28-26(36-37-39)5-3-12-33-28/h3,5-10,12-16,22,32H,2,4,11,17H2,1H3/t22-/m1/s1. The summed E-state index contributed by atoms with van der Waals surface area (Å²) in [5.41, 5.74) is 2.50. The lowest BCUT2D eigenvalue weighted by Crippen LogP contribution is -2.49. The predicted molar refractivity (Wildman–Crippen MR) is 157 cm³/mol. The number of nitrogens with one attached hydrogen (secondary N) is 1. The van der Waals surface area contributed by atoms with Gasteiger partial charge in [0.2, 0.25) is 0 Å². The molecule has 0 bridgehead atoms. The van der Waals surface area contributed by atoms with Crippen molar-refractivity contribution in [1.82, 2.24) is 35.3 Å². The van der Waals surface area contributed by atoms with Crippen molar-refractivity contribution in [3.05, 3.63) is 89.4 Å². The highest BCUT2D eigenvalue weighted by molar-refractivity contribution is 7.14. The topological polar surface area (TPSA) is 102 Å². The van der Waals surface area contributed by atoms with Crippen LogP contribution in [0.4, 0.5) is 10.2 Å². The molecule has 1 N–H and O–H groups in total. The number of pyridine rings is 2. The molecular weight excluding hydrogens is 539 g/mol. The lowest BCUT2D eigenvalue weighted by atomic mass is 10.0. The molecule has 1 amide bonds. The van der Waals surface area contributed by atoms with Gasteiger partial charge in [0.25, 0.3) is 5.91 Å². The summed E-state index contributed by atoms with van der Waals surface area (Å²) in [6.45, 7) is 3.50. The predicted octanol–water partition coefficient (Wildman–Crippen LogP) is 5.33. The average Bonchev–Trinajstić information content (AvgIpc) is 3.64. The number of anilines is 1. The average molecular weight is 565 g/mol. The highest BCUT2D eigenvalue weighted by Crippen LogP contribution is 2.33. The number of thiazole rings is 1. The van der Waals surface area contributed by atoms with Gasteiger partial charge in [-0.1, -0.05) is 11.3 Å². The Morgan fingerprint density at radius 2 is 2.02 bits per heavy atom. The molecule has 41 heavy (non-hydrogen) atoms. The number of nitrogens with zero attached hydrogens (tertiary/aromatic N) is 7. The van der Waals surface area contributed by atoms with Gasteiger partial charge in [-0.15, -0.1) is 16.4 Å². The fraction of sp³-hybridized carbons (Fsp3) is 0.200. The van der Waals surface area contributed by atoms with E-state index in [4.69, 9.17) is 0 Å². The van der Waals surface area contributed by atoms with Gasteiger partial charge in [0, 0.05) is 47.0 Å². The number of aryl methyl sites for hydroxylation is 1. The molecule has 5 heterocycles. The Morgan fingerprint density at radius 1 is 1.10 bits per heavy atom. The number of fused-ring (bicyclic) bond motifs is 2. The molecule has 1 saturated heterocycles. The minimum absolute atomic E-state index is 0.0367. The molecule has 204 valence electrons. The molecule has 1 aliphatic rings. The number of aromatic nitrogens is 6. The molecule has 0 unspecified atom stereocenters. The maximum Gasteiger partial charge on any atom is 0.262 e. The van der Waals surface area contributed by atoms with Crippen LogP contribution < -0.4 is 10.2 Å². The molecule has 1 atom stereocenters. The van der Waals surface area contributed by atoms with Crippen molar-refractivity contribution in [3.63, 3.8) is 0 Å². The van der Waals surface area contributed by atoms with E-state index < -0.39 is 11.7 Å². The monoisotopic (exact) mass is 564 g/mol. The van der Waals surface area contributed by atoms with E-state index in [-0.39, 0.29) is 11.6 Å². The molecule has 2 aromatic carbocycles. The fourth-order valence-electron chi connectivity index (χ4n) is 5.34.